The highest BCUT2D eigenvalue weighted by Gasteiger charge is 2.04. The van der Waals surface area contributed by atoms with Gasteiger partial charge in [0.05, 0.1) is 18.5 Å². The summed E-state index contributed by atoms with van der Waals surface area (Å²) in [5, 5.41) is 4.16. The van der Waals surface area contributed by atoms with Gasteiger partial charge in [0.1, 0.15) is 0 Å². The molecule has 4 heteroatoms. The molecule has 0 bridgehead atoms. The quantitative estimate of drug-likeness (QED) is 0.591. The average Bonchev–Trinajstić information content (AvgIpc) is 2.82. The number of benzene rings is 1. The van der Waals surface area contributed by atoms with Crippen LogP contribution in [0.25, 0.3) is 21.7 Å². The highest BCUT2D eigenvalue weighted by atomic mass is 15.2. The smallest absolute Gasteiger partial charge is 0.187 e. The van der Waals surface area contributed by atoms with Crippen molar-refractivity contribution in [3.05, 3.63) is 60.2 Å². The Morgan fingerprint density at radius 3 is 2.94 bits per heavy atom. The summed E-state index contributed by atoms with van der Waals surface area (Å²) in [5.41, 5.74) is 3.18. The molecule has 0 amide bonds. The SMILES string of the molecule is [C-]#[N+]c1cccc(-c2cn3ncccc3n2)c1. The molecular formula is C13H8N4. The lowest BCUT2D eigenvalue weighted by molar-refractivity contribution is 0.936. The summed E-state index contributed by atoms with van der Waals surface area (Å²) in [6, 6.07) is 11.2. The van der Waals surface area contributed by atoms with E-state index in [2.05, 4.69) is 14.9 Å². The largest absolute Gasteiger partial charge is 0.238 e. The highest BCUT2D eigenvalue weighted by Crippen LogP contribution is 2.23. The van der Waals surface area contributed by atoms with Crippen molar-refractivity contribution in [1.29, 1.82) is 0 Å². The van der Waals surface area contributed by atoms with Crippen LogP contribution in [0.1, 0.15) is 0 Å². The van der Waals surface area contributed by atoms with Gasteiger partial charge in [-0.2, -0.15) is 5.10 Å². The average molecular weight is 220 g/mol. The van der Waals surface area contributed by atoms with Crippen LogP contribution in [0, 0.1) is 6.57 Å². The topological polar surface area (TPSA) is 34.5 Å². The van der Waals surface area contributed by atoms with Gasteiger partial charge in [-0.1, -0.05) is 18.2 Å². The third-order valence-electron chi connectivity index (χ3n) is 2.51. The molecule has 2 heterocycles. The van der Waals surface area contributed by atoms with Crippen LogP contribution in [0.2, 0.25) is 0 Å². The standard InChI is InChI=1S/C13H8N4/c1-14-11-5-2-4-10(8-11)12-9-17-13(16-12)6-3-7-15-17/h2-9H. The van der Waals surface area contributed by atoms with Gasteiger partial charge in [0.2, 0.25) is 0 Å². The van der Waals surface area contributed by atoms with Crippen molar-refractivity contribution >= 4 is 11.3 Å². The van der Waals surface area contributed by atoms with Crippen molar-refractivity contribution in [2.75, 3.05) is 0 Å². The number of hydrogen-bond donors (Lipinski definition) is 0. The minimum atomic E-state index is 0.618. The second kappa shape index (κ2) is 3.72. The molecule has 0 aliphatic rings. The van der Waals surface area contributed by atoms with Crippen LogP contribution >= 0.6 is 0 Å². The minimum absolute atomic E-state index is 0.618. The Morgan fingerprint density at radius 1 is 1.18 bits per heavy atom. The molecule has 80 valence electrons. The van der Waals surface area contributed by atoms with Crippen molar-refractivity contribution in [2.45, 2.75) is 0 Å². The van der Waals surface area contributed by atoms with Gasteiger partial charge >= 0.3 is 0 Å². The minimum Gasteiger partial charge on any atom is -0.238 e. The molecular weight excluding hydrogens is 212 g/mol. The van der Waals surface area contributed by atoms with Gasteiger partial charge in [-0.15, -0.1) is 0 Å². The Labute approximate surface area is 98.0 Å². The molecule has 0 spiro atoms. The van der Waals surface area contributed by atoms with Gasteiger partial charge in [0.15, 0.2) is 11.3 Å². The van der Waals surface area contributed by atoms with Crippen molar-refractivity contribution in [3.63, 3.8) is 0 Å². The number of rotatable bonds is 1. The number of nitrogens with zero attached hydrogens (tertiary/aromatic N) is 4. The van der Waals surface area contributed by atoms with E-state index in [4.69, 9.17) is 6.57 Å². The van der Waals surface area contributed by atoms with Gasteiger partial charge in [-0.05, 0) is 23.8 Å². The van der Waals surface area contributed by atoms with E-state index in [1.165, 1.54) is 0 Å². The summed E-state index contributed by atoms with van der Waals surface area (Å²) in [5.74, 6) is 0. The van der Waals surface area contributed by atoms with Gasteiger partial charge in [-0.3, -0.25) is 0 Å². The van der Waals surface area contributed by atoms with Crippen molar-refractivity contribution in [1.82, 2.24) is 14.6 Å². The van der Waals surface area contributed by atoms with Crippen LogP contribution in [0.4, 0.5) is 5.69 Å². The second-order valence-electron chi connectivity index (χ2n) is 3.61. The highest BCUT2D eigenvalue weighted by molar-refractivity contribution is 5.67. The van der Waals surface area contributed by atoms with E-state index < -0.39 is 0 Å². The Bertz CT molecular complexity index is 688. The predicted molar refractivity (Wildman–Crippen MR) is 64.7 cm³/mol. The maximum absolute atomic E-state index is 7.00. The summed E-state index contributed by atoms with van der Waals surface area (Å²) in [6.07, 6.45) is 3.58. The fourth-order valence-corrected chi connectivity index (χ4v) is 1.70. The van der Waals surface area contributed by atoms with E-state index in [0.717, 1.165) is 16.9 Å². The molecule has 4 nitrogen and oxygen atoms in total. The number of hydrogen-bond acceptors (Lipinski definition) is 2. The Kier molecular flexibility index (Phi) is 2.09. The first kappa shape index (κ1) is 9.55. The van der Waals surface area contributed by atoms with E-state index in [1.807, 2.05) is 36.5 Å². The van der Waals surface area contributed by atoms with Gasteiger partial charge in [-0.25, -0.2) is 14.3 Å². The van der Waals surface area contributed by atoms with Crippen LogP contribution in [-0.4, -0.2) is 14.6 Å². The lowest BCUT2D eigenvalue weighted by Gasteiger charge is -1.95. The van der Waals surface area contributed by atoms with Crippen LogP contribution < -0.4 is 0 Å². The first-order valence-corrected chi connectivity index (χ1v) is 5.15. The molecule has 0 aliphatic carbocycles. The summed E-state index contributed by atoms with van der Waals surface area (Å²) in [6.45, 7) is 7.00. The van der Waals surface area contributed by atoms with Crippen LogP contribution in [0.5, 0.6) is 0 Å². The molecule has 3 aromatic rings. The molecule has 1 aromatic carbocycles. The number of imidazole rings is 1. The van der Waals surface area contributed by atoms with Gasteiger partial charge in [0.25, 0.3) is 0 Å². The normalized spacial score (nSPS) is 10.3. The summed E-state index contributed by atoms with van der Waals surface area (Å²) >= 11 is 0. The van der Waals surface area contributed by atoms with Crippen molar-refractivity contribution in [2.24, 2.45) is 0 Å². The van der Waals surface area contributed by atoms with Crippen molar-refractivity contribution in [3.8, 4) is 11.3 Å². The third-order valence-corrected chi connectivity index (χ3v) is 2.51. The third kappa shape index (κ3) is 1.64. The van der Waals surface area contributed by atoms with Gasteiger partial charge in [0, 0.05) is 6.20 Å². The maximum atomic E-state index is 7.00. The van der Waals surface area contributed by atoms with E-state index in [1.54, 1.807) is 16.8 Å². The van der Waals surface area contributed by atoms with Crippen LogP contribution in [-0.2, 0) is 0 Å². The zero-order valence-electron chi connectivity index (χ0n) is 8.91. The number of aromatic nitrogens is 3. The maximum Gasteiger partial charge on any atom is 0.187 e. The lowest BCUT2D eigenvalue weighted by Crippen LogP contribution is -1.85. The molecule has 0 atom stereocenters. The molecule has 0 fully saturated rings. The lowest BCUT2D eigenvalue weighted by atomic mass is 10.1. The van der Waals surface area contributed by atoms with E-state index in [9.17, 15) is 0 Å². The number of fused-ring (bicyclic) bond motifs is 1. The van der Waals surface area contributed by atoms with Crippen molar-refractivity contribution < 1.29 is 0 Å². The fourth-order valence-electron chi connectivity index (χ4n) is 1.70. The molecule has 0 N–H and O–H groups in total. The molecule has 0 unspecified atom stereocenters. The second-order valence-corrected chi connectivity index (χ2v) is 3.61. The zero-order valence-corrected chi connectivity index (χ0v) is 8.91. The Balaban J connectivity index is 2.17. The summed E-state index contributed by atoms with van der Waals surface area (Å²) in [7, 11) is 0. The van der Waals surface area contributed by atoms with E-state index in [-0.39, 0.29) is 0 Å². The monoisotopic (exact) mass is 220 g/mol. The molecule has 17 heavy (non-hydrogen) atoms. The molecule has 0 saturated heterocycles. The van der Waals surface area contributed by atoms with Gasteiger partial charge < -0.3 is 0 Å². The van der Waals surface area contributed by atoms with E-state index in [0.29, 0.717) is 5.69 Å². The zero-order chi connectivity index (χ0) is 11.7. The molecule has 3 rings (SSSR count). The first-order valence-electron chi connectivity index (χ1n) is 5.15. The van der Waals surface area contributed by atoms with Crippen LogP contribution in [0.15, 0.2) is 48.8 Å². The molecule has 0 aliphatic heterocycles. The summed E-state index contributed by atoms with van der Waals surface area (Å²) in [4.78, 5) is 7.87. The Hall–Kier alpha value is -2.67. The predicted octanol–water partition coefficient (Wildman–Crippen LogP) is 2.95. The van der Waals surface area contributed by atoms with E-state index >= 15 is 0 Å². The summed E-state index contributed by atoms with van der Waals surface area (Å²) < 4.78 is 1.72. The first-order chi connectivity index (χ1) is 8.36. The molecule has 0 radical (unpaired) electrons. The van der Waals surface area contributed by atoms with Crippen LogP contribution in [0.3, 0.4) is 0 Å². The molecule has 2 aromatic heterocycles. The Morgan fingerprint density at radius 2 is 2.12 bits per heavy atom. The fraction of sp³-hybridized carbons (Fsp3) is 0. The molecule has 0 saturated carbocycles.